The summed E-state index contributed by atoms with van der Waals surface area (Å²) in [5, 5.41) is 3.69. The van der Waals surface area contributed by atoms with E-state index >= 15 is 0 Å². The molecule has 2 aliphatic rings. The van der Waals surface area contributed by atoms with Gasteiger partial charge in [0.05, 0.1) is 19.3 Å². The van der Waals surface area contributed by atoms with Crippen LogP contribution in [0.4, 0.5) is 0 Å². The summed E-state index contributed by atoms with van der Waals surface area (Å²) in [7, 11) is 0. The van der Waals surface area contributed by atoms with Gasteiger partial charge < -0.3 is 14.8 Å². The smallest absolute Gasteiger partial charge is 0.0604 e. The first-order chi connectivity index (χ1) is 8.28. The Hall–Kier alpha value is -0.160. The molecule has 4 nitrogen and oxygen atoms in total. The van der Waals surface area contributed by atoms with Crippen LogP contribution in [-0.2, 0) is 9.47 Å². The molecule has 0 spiro atoms. The van der Waals surface area contributed by atoms with Gasteiger partial charge in [0.25, 0.3) is 0 Å². The minimum atomic E-state index is 0.507. The van der Waals surface area contributed by atoms with Crippen molar-refractivity contribution in [1.29, 1.82) is 0 Å². The fourth-order valence-corrected chi connectivity index (χ4v) is 2.70. The molecule has 1 N–H and O–H groups in total. The Morgan fingerprint density at radius 2 is 2.06 bits per heavy atom. The van der Waals surface area contributed by atoms with Crippen molar-refractivity contribution in [3.63, 3.8) is 0 Å². The van der Waals surface area contributed by atoms with Crippen molar-refractivity contribution < 1.29 is 9.47 Å². The Balaban J connectivity index is 1.56. The molecule has 0 aromatic carbocycles. The first-order valence-corrected chi connectivity index (χ1v) is 6.95. The average Bonchev–Trinajstić information content (AvgIpc) is 2.27. The Morgan fingerprint density at radius 1 is 1.35 bits per heavy atom. The van der Waals surface area contributed by atoms with Crippen LogP contribution in [0.3, 0.4) is 0 Å². The summed E-state index contributed by atoms with van der Waals surface area (Å²) in [4.78, 5) is 2.49. The SMILES string of the molecule is CCOC1CC(NC(C)CN2CCOCC2)C1. The zero-order valence-corrected chi connectivity index (χ0v) is 11.2. The van der Waals surface area contributed by atoms with Gasteiger partial charge in [-0.2, -0.15) is 0 Å². The van der Waals surface area contributed by atoms with E-state index in [1.807, 2.05) is 0 Å². The lowest BCUT2D eigenvalue weighted by Crippen LogP contribution is -2.52. The number of rotatable bonds is 6. The largest absolute Gasteiger partial charge is 0.379 e. The van der Waals surface area contributed by atoms with E-state index in [1.54, 1.807) is 0 Å². The number of morpholine rings is 1. The molecule has 2 fully saturated rings. The fourth-order valence-electron chi connectivity index (χ4n) is 2.70. The summed E-state index contributed by atoms with van der Waals surface area (Å²) in [5.74, 6) is 0. The van der Waals surface area contributed by atoms with Crippen molar-refractivity contribution in [2.45, 2.75) is 44.9 Å². The predicted molar refractivity (Wildman–Crippen MR) is 68.3 cm³/mol. The highest BCUT2D eigenvalue weighted by Gasteiger charge is 2.30. The van der Waals surface area contributed by atoms with Gasteiger partial charge in [-0.15, -0.1) is 0 Å². The molecule has 2 rings (SSSR count). The topological polar surface area (TPSA) is 33.7 Å². The van der Waals surface area contributed by atoms with Crippen molar-refractivity contribution in [3.05, 3.63) is 0 Å². The summed E-state index contributed by atoms with van der Waals surface area (Å²) in [6, 6.07) is 1.24. The number of hydrogen-bond donors (Lipinski definition) is 1. The molecule has 1 heterocycles. The van der Waals surface area contributed by atoms with E-state index in [2.05, 4.69) is 24.1 Å². The van der Waals surface area contributed by atoms with Gasteiger partial charge in [-0.1, -0.05) is 0 Å². The van der Waals surface area contributed by atoms with E-state index in [0.717, 1.165) is 39.5 Å². The molecular formula is C13H26N2O2. The van der Waals surface area contributed by atoms with Gasteiger partial charge in [0.2, 0.25) is 0 Å². The normalized spacial score (nSPS) is 32.1. The molecule has 0 bridgehead atoms. The molecule has 1 saturated heterocycles. The summed E-state index contributed by atoms with van der Waals surface area (Å²) < 4.78 is 10.9. The molecule has 1 atom stereocenters. The van der Waals surface area contributed by atoms with Gasteiger partial charge in [0.15, 0.2) is 0 Å². The monoisotopic (exact) mass is 242 g/mol. The van der Waals surface area contributed by atoms with Gasteiger partial charge in [0.1, 0.15) is 0 Å². The third-order valence-electron chi connectivity index (χ3n) is 3.65. The lowest BCUT2D eigenvalue weighted by Gasteiger charge is -2.38. The molecule has 0 aromatic rings. The Kier molecular flexibility index (Phi) is 5.22. The molecule has 0 radical (unpaired) electrons. The zero-order valence-electron chi connectivity index (χ0n) is 11.2. The molecular weight excluding hydrogens is 216 g/mol. The molecule has 1 aliphatic carbocycles. The molecule has 1 unspecified atom stereocenters. The molecule has 100 valence electrons. The second-order valence-corrected chi connectivity index (χ2v) is 5.23. The first-order valence-electron chi connectivity index (χ1n) is 6.95. The Morgan fingerprint density at radius 3 is 2.71 bits per heavy atom. The summed E-state index contributed by atoms with van der Waals surface area (Å²) in [5.41, 5.74) is 0. The van der Waals surface area contributed by atoms with Gasteiger partial charge >= 0.3 is 0 Å². The van der Waals surface area contributed by atoms with Crippen LogP contribution < -0.4 is 5.32 Å². The predicted octanol–water partition coefficient (Wildman–Crippen LogP) is 0.864. The fraction of sp³-hybridized carbons (Fsp3) is 1.00. The third-order valence-corrected chi connectivity index (χ3v) is 3.65. The minimum Gasteiger partial charge on any atom is -0.379 e. The van der Waals surface area contributed by atoms with Gasteiger partial charge in [0, 0.05) is 38.3 Å². The van der Waals surface area contributed by atoms with Crippen molar-refractivity contribution in [1.82, 2.24) is 10.2 Å². The second kappa shape index (κ2) is 6.69. The van der Waals surface area contributed by atoms with Crippen molar-refractivity contribution in [2.75, 3.05) is 39.5 Å². The summed E-state index contributed by atoms with van der Waals surface area (Å²) in [6.07, 6.45) is 2.87. The molecule has 1 saturated carbocycles. The Labute approximate surface area is 105 Å². The maximum Gasteiger partial charge on any atom is 0.0604 e. The van der Waals surface area contributed by atoms with E-state index in [1.165, 1.54) is 12.8 Å². The van der Waals surface area contributed by atoms with E-state index in [0.29, 0.717) is 18.2 Å². The van der Waals surface area contributed by atoms with Crippen molar-refractivity contribution >= 4 is 0 Å². The second-order valence-electron chi connectivity index (χ2n) is 5.23. The maximum absolute atomic E-state index is 5.57. The summed E-state index contributed by atoms with van der Waals surface area (Å²) in [6.45, 7) is 10.3. The van der Waals surface area contributed by atoms with Crippen LogP contribution in [0.1, 0.15) is 26.7 Å². The van der Waals surface area contributed by atoms with Crippen molar-refractivity contribution in [2.24, 2.45) is 0 Å². The molecule has 17 heavy (non-hydrogen) atoms. The highest BCUT2D eigenvalue weighted by molar-refractivity contribution is 4.88. The molecule has 0 aromatic heterocycles. The number of nitrogens with zero attached hydrogens (tertiary/aromatic N) is 1. The van der Waals surface area contributed by atoms with Gasteiger partial charge in [-0.25, -0.2) is 0 Å². The molecule has 4 heteroatoms. The van der Waals surface area contributed by atoms with Crippen LogP contribution in [0.15, 0.2) is 0 Å². The van der Waals surface area contributed by atoms with E-state index in [4.69, 9.17) is 9.47 Å². The van der Waals surface area contributed by atoms with Crippen LogP contribution >= 0.6 is 0 Å². The van der Waals surface area contributed by atoms with E-state index in [9.17, 15) is 0 Å². The number of nitrogens with one attached hydrogen (secondary N) is 1. The Bertz CT molecular complexity index is 213. The molecule has 1 aliphatic heterocycles. The van der Waals surface area contributed by atoms with Crippen LogP contribution in [0.5, 0.6) is 0 Å². The lowest BCUT2D eigenvalue weighted by atomic mass is 9.88. The number of ether oxygens (including phenoxy) is 2. The van der Waals surface area contributed by atoms with Crippen LogP contribution in [0, 0.1) is 0 Å². The van der Waals surface area contributed by atoms with E-state index < -0.39 is 0 Å². The average molecular weight is 242 g/mol. The maximum atomic E-state index is 5.57. The van der Waals surface area contributed by atoms with Crippen LogP contribution in [0.2, 0.25) is 0 Å². The standard InChI is InChI=1S/C13H26N2O2/c1-3-17-13-8-12(9-13)14-11(2)10-15-4-6-16-7-5-15/h11-14H,3-10H2,1-2H3. The van der Waals surface area contributed by atoms with Gasteiger partial charge in [-0.05, 0) is 26.7 Å². The van der Waals surface area contributed by atoms with Gasteiger partial charge in [-0.3, -0.25) is 4.90 Å². The minimum absolute atomic E-state index is 0.507. The lowest BCUT2D eigenvalue weighted by molar-refractivity contribution is -0.0146. The quantitative estimate of drug-likeness (QED) is 0.749. The summed E-state index contributed by atoms with van der Waals surface area (Å²) >= 11 is 0. The zero-order chi connectivity index (χ0) is 12.1. The molecule has 0 amide bonds. The van der Waals surface area contributed by atoms with E-state index in [-0.39, 0.29) is 0 Å². The highest BCUT2D eigenvalue weighted by Crippen LogP contribution is 2.23. The number of hydrogen-bond acceptors (Lipinski definition) is 4. The first kappa shape index (κ1) is 13.3. The highest BCUT2D eigenvalue weighted by atomic mass is 16.5. The van der Waals surface area contributed by atoms with Crippen LogP contribution in [0.25, 0.3) is 0 Å². The van der Waals surface area contributed by atoms with Crippen LogP contribution in [-0.4, -0.2) is 62.5 Å². The third kappa shape index (κ3) is 4.21. The van der Waals surface area contributed by atoms with Crippen molar-refractivity contribution in [3.8, 4) is 0 Å².